The topological polar surface area (TPSA) is 43.6 Å². The third-order valence-electron chi connectivity index (χ3n) is 2.81. The Morgan fingerprint density at radius 1 is 1.25 bits per heavy atom. The van der Waals surface area contributed by atoms with E-state index in [4.69, 9.17) is 13.9 Å². The van der Waals surface area contributed by atoms with Crippen molar-refractivity contribution < 1.29 is 13.9 Å². The molecule has 0 spiro atoms. The van der Waals surface area contributed by atoms with E-state index in [1.165, 1.54) is 0 Å². The van der Waals surface area contributed by atoms with Gasteiger partial charge in [-0.3, -0.25) is 0 Å². The molecule has 0 saturated heterocycles. The van der Waals surface area contributed by atoms with Gasteiger partial charge in [0.15, 0.2) is 0 Å². The van der Waals surface area contributed by atoms with Crippen LogP contribution >= 0.6 is 15.9 Å². The van der Waals surface area contributed by atoms with Crippen LogP contribution in [0.15, 0.2) is 39.4 Å². The SMILES string of the molecule is COCCOc1cc(C)ccc1NCc1occc1Br. The van der Waals surface area contributed by atoms with Gasteiger partial charge in [-0.25, -0.2) is 0 Å². The van der Waals surface area contributed by atoms with Gasteiger partial charge in [-0.05, 0) is 46.6 Å². The summed E-state index contributed by atoms with van der Waals surface area (Å²) in [4.78, 5) is 0. The van der Waals surface area contributed by atoms with Gasteiger partial charge in [-0.2, -0.15) is 0 Å². The Kier molecular flexibility index (Phi) is 5.49. The number of anilines is 1. The molecule has 0 atom stereocenters. The molecule has 5 heteroatoms. The molecule has 0 bridgehead atoms. The van der Waals surface area contributed by atoms with Crippen LogP contribution in [0.4, 0.5) is 5.69 Å². The smallest absolute Gasteiger partial charge is 0.142 e. The van der Waals surface area contributed by atoms with E-state index in [9.17, 15) is 0 Å². The molecule has 4 nitrogen and oxygen atoms in total. The van der Waals surface area contributed by atoms with E-state index in [1.54, 1.807) is 13.4 Å². The quantitative estimate of drug-likeness (QED) is 0.774. The Hall–Kier alpha value is -1.46. The summed E-state index contributed by atoms with van der Waals surface area (Å²) in [6.07, 6.45) is 1.66. The molecule has 1 aromatic heterocycles. The minimum atomic E-state index is 0.527. The molecule has 0 radical (unpaired) electrons. The van der Waals surface area contributed by atoms with Gasteiger partial charge in [0, 0.05) is 7.11 Å². The monoisotopic (exact) mass is 339 g/mol. The number of aryl methyl sites for hydroxylation is 1. The molecular weight excluding hydrogens is 322 g/mol. The van der Waals surface area contributed by atoms with Crippen molar-refractivity contribution in [2.75, 3.05) is 25.6 Å². The van der Waals surface area contributed by atoms with Crippen LogP contribution in [0.5, 0.6) is 5.75 Å². The summed E-state index contributed by atoms with van der Waals surface area (Å²) in [5, 5.41) is 3.32. The van der Waals surface area contributed by atoms with Gasteiger partial charge in [0.1, 0.15) is 18.1 Å². The molecule has 0 aliphatic heterocycles. The number of hydrogen-bond acceptors (Lipinski definition) is 4. The summed E-state index contributed by atoms with van der Waals surface area (Å²) in [5.74, 6) is 1.68. The van der Waals surface area contributed by atoms with Gasteiger partial charge in [0.25, 0.3) is 0 Å². The standard InChI is InChI=1S/C15H18BrNO3/c1-11-3-4-13(14(9-11)20-8-7-18-2)17-10-15-12(16)5-6-19-15/h3-6,9,17H,7-8,10H2,1-2H3. The summed E-state index contributed by atoms with van der Waals surface area (Å²) >= 11 is 3.44. The van der Waals surface area contributed by atoms with Crippen LogP contribution in [-0.4, -0.2) is 20.3 Å². The van der Waals surface area contributed by atoms with Crippen molar-refractivity contribution in [2.24, 2.45) is 0 Å². The molecular formula is C15H18BrNO3. The molecule has 108 valence electrons. The van der Waals surface area contributed by atoms with Crippen molar-refractivity contribution in [1.82, 2.24) is 0 Å². The van der Waals surface area contributed by atoms with E-state index >= 15 is 0 Å². The van der Waals surface area contributed by atoms with Crippen LogP contribution < -0.4 is 10.1 Å². The lowest BCUT2D eigenvalue weighted by molar-refractivity contribution is 0.146. The number of halogens is 1. The Morgan fingerprint density at radius 3 is 2.80 bits per heavy atom. The molecule has 1 heterocycles. The maximum Gasteiger partial charge on any atom is 0.142 e. The van der Waals surface area contributed by atoms with Crippen molar-refractivity contribution in [2.45, 2.75) is 13.5 Å². The van der Waals surface area contributed by atoms with Gasteiger partial charge in [-0.1, -0.05) is 6.07 Å². The highest BCUT2D eigenvalue weighted by Gasteiger charge is 2.07. The minimum Gasteiger partial charge on any atom is -0.489 e. The van der Waals surface area contributed by atoms with Gasteiger partial charge >= 0.3 is 0 Å². The molecule has 0 aliphatic rings. The Bertz CT molecular complexity index is 554. The molecule has 0 aliphatic carbocycles. The van der Waals surface area contributed by atoms with Crippen LogP contribution in [0.25, 0.3) is 0 Å². The fourth-order valence-electron chi connectivity index (χ4n) is 1.76. The lowest BCUT2D eigenvalue weighted by Crippen LogP contribution is -2.07. The molecule has 1 N–H and O–H groups in total. The zero-order valence-corrected chi connectivity index (χ0v) is 13.2. The molecule has 0 unspecified atom stereocenters. The third kappa shape index (κ3) is 4.02. The Balaban J connectivity index is 2.04. The number of nitrogens with one attached hydrogen (secondary N) is 1. The van der Waals surface area contributed by atoms with E-state index in [0.29, 0.717) is 19.8 Å². The van der Waals surface area contributed by atoms with E-state index < -0.39 is 0 Å². The fourth-order valence-corrected chi connectivity index (χ4v) is 2.10. The summed E-state index contributed by atoms with van der Waals surface area (Å²) in [5.41, 5.74) is 2.09. The first kappa shape index (κ1) is 14.9. The Morgan fingerprint density at radius 2 is 2.10 bits per heavy atom. The largest absolute Gasteiger partial charge is 0.489 e. The fraction of sp³-hybridized carbons (Fsp3) is 0.333. The van der Waals surface area contributed by atoms with Crippen molar-refractivity contribution in [3.63, 3.8) is 0 Å². The molecule has 0 amide bonds. The van der Waals surface area contributed by atoms with Crippen molar-refractivity contribution >= 4 is 21.6 Å². The Labute approximate surface area is 127 Å². The second-order valence-electron chi connectivity index (χ2n) is 4.39. The normalized spacial score (nSPS) is 10.6. The second-order valence-corrected chi connectivity index (χ2v) is 5.24. The summed E-state index contributed by atoms with van der Waals surface area (Å²) in [6.45, 7) is 3.73. The molecule has 1 aromatic carbocycles. The number of ether oxygens (including phenoxy) is 2. The number of furan rings is 1. The van der Waals surface area contributed by atoms with Crippen molar-refractivity contribution in [3.8, 4) is 5.75 Å². The first-order valence-corrected chi connectivity index (χ1v) is 7.18. The number of rotatable bonds is 7. The lowest BCUT2D eigenvalue weighted by Gasteiger charge is -2.13. The average molecular weight is 340 g/mol. The highest BCUT2D eigenvalue weighted by molar-refractivity contribution is 9.10. The van der Waals surface area contributed by atoms with Gasteiger partial charge in [0.2, 0.25) is 0 Å². The summed E-state index contributed by atoms with van der Waals surface area (Å²) < 4.78 is 17.1. The van der Waals surface area contributed by atoms with Crippen LogP contribution in [0, 0.1) is 6.92 Å². The highest BCUT2D eigenvalue weighted by Crippen LogP contribution is 2.27. The molecule has 0 saturated carbocycles. The van der Waals surface area contributed by atoms with Gasteiger partial charge in [0.05, 0.1) is 29.6 Å². The van der Waals surface area contributed by atoms with Crippen LogP contribution in [0.1, 0.15) is 11.3 Å². The molecule has 2 rings (SSSR count). The van der Waals surface area contributed by atoms with Crippen molar-refractivity contribution in [3.05, 3.63) is 46.3 Å². The summed E-state index contributed by atoms with van der Waals surface area (Å²) in [6, 6.07) is 7.94. The van der Waals surface area contributed by atoms with E-state index in [1.807, 2.05) is 31.2 Å². The minimum absolute atomic E-state index is 0.527. The van der Waals surface area contributed by atoms with Crippen molar-refractivity contribution in [1.29, 1.82) is 0 Å². The first-order chi connectivity index (χ1) is 9.70. The van der Waals surface area contributed by atoms with Crippen LogP contribution in [0.2, 0.25) is 0 Å². The zero-order valence-electron chi connectivity index (χ0n) is 11.6. The first-order valence-electron chi connectivity index (χ1n) is 6.39. The third-order valence-corrected chi connectivity index (χ3v) is 3.52. The maximum absolute atomic E-state index is 5.73. The predicted molar refractivity (Wildman–Crippen MR) is 82.3 cm³/mol. The number of methoxy groups -OCH3 is 1. The number of hydrogen-bond donors (Lipinski definition) is 1. The van der Waals surface area contributed by atoms with Gasteiger partial charge in [-0.15, -0.1) is 0 Å². The van der Waals surface area contributed by atoms with Gasteiger partial charge < -0.3 is 19.2 Å². The predicted octanol–water partition coefficient (Wildman–Crippen LogP) is 3.99. The average Bonchev–Trinajstić information content (AvgIpc) is 2.84. The van der Waals surface area contributed by atoms with E-state index in [2.05, 4.69) is 21.2 Å². The molecule has 2 aromatic rings. The zero-order chi connectivity index (χ0) is 14.4. The molecule has 20 heavy (non-hydrogen) atoms. The summed E-state index contributed by atoms with van der Waals surface area (Å²) in [7, 11) is 1.66. The highest BCUT2D eigenvalue weighted by atomic mass is 79.9. The second kappa shape index (κ2) is 7.36. The lowest BCUT2D eigenvalue weighted by atomic mass is 10.2. The van der Waals surface area contributed by atoms with E-state index in [0.717, 1.165) is 27.2 Å². The van der Waals surface area contributed by atoms with Crippen LogP contribution in [-0.2, 0) is 11.3 Å². The number of benzene rings is 1. The van der Waals surface area contributed by atoms with Crippen LogP contribution in [0.3, 0.4) is 0 Å². The van der Waals surface area contributed by atoms with E-state index in [-0.39, 0.29) is 0 Å². The molecule has 0 fully saturated rings. The maximum atomic E-state index is 5.73.